The minimum atomic E-state index is 0.342. The zero-order chi connectivity index (χ0) is 14.5. The molecule has 0 amide bonds. The summed E-state index contributed by atoms with van der Waals surface area (Å²) in [6, 6.07) is 4.57. The summed E-state index contributed by atoms with van der Waals surface area (Å²) in [5.74, 6) is 0. The van der Waals surface area contributed by atoms with Crippen LogP contribution in [0.25, 0.3) is 5.69 Å². The summed E-state index contributed by atoms with van der Waals surface area (Å²) >= 11 is 0. The minimum absolute atomic E-state index is 0.342. The fourth-order valence-electron chi connectivity index (χ4n) is 2.28. The van der Waals surface area contributed by atoms with Gasteiger partial charge in [-0.25, -0.2) is 4.98 Å². The Balaban J connectivity index is 2.19. The average Bonchev–Trinajstić information content (AvgIpc) is 2.81. The fraction of sp³-hybridized carbons (Fsp3) is 0.500. The lowest BCUT2D eigenvalue weighted by atomic mass is 10.1. The largest absolute Gasteiger partial charge is 0.309 e. The summed E-state index contributed by atoms with van der Waals surface area (Å²) in [5.41, 5.74) is 4.40. The molecule has 2 heterocycles. The van der Waals surface area contributed by atoms with Crippen molar-refractivity contribution in [3.63, 3.8) is 0 Å². The molecule has 0 aliphatic rings. The zero-order valence-corrected chi connectivity index (χ0v) is 12.8. The molecule has 4 heteroatoms. The molecule has 1 N–H and O–H groups in total. The first-order chi connectivity index (χ1) is 9.67. The van der Waals surface area contributed by atoms with E-state index in [1.807, 2.05) is 19.4 Å². The van der Waals surface area contributed by atoms with Gasteiger partial charge in [0.1, 0.15) is 0 Å². The van der Waals surface area contributed by atoms with E-state index in [4.69, 9.17) is 0 Å². The van der Waals surface area contributed by atoms with E-state index in [9.17, 15) is 0 Å². The third-order valence-corrected chi connectivity index (χ3v) is 3.71. The molecule has 1 atom stereocenters. The first-order valence-electron chi connectivity index (χ1n) is 7.37. The molecule has 0 bridgehead atoms. The Labute approximate surface area is 121 Å². The highest BCUT2D eigenvalue weighted by Gasteiger charge is 2.10. The van der Waals surface area contributed by atoms with Crippen LogP contribution in [0, 0.1) is 13.8 Å². The van der Waals surface area contributed by atoms with E-state index in [1.165, 1.54) is 0 Å². The van der Waals surface area contributed by atoms with Gasteiger partial charge in [0.2, 0.25) is 0 Å². The summed E-state index contributed by atoms with van der Waals surface area (Å²) in [4.78, 5) is 8.95. The van der Waals surface area contributed by atoms with Crippen molar-refractivity contribution in [3.8, 4) is 5.69 Å². The molecule has 0 fully saturated rings. The van der Waals surface area contributed by atoms with E-state index in [1.54, 1.807) is 0 Å². The summed E-state index contributed by atoms with van der Waals surface area (Å²) in [6.07, 6.45) is 5.98. The quantitative estimate of drug-likeness (QED) is 0.877. The van der Waals surface area contributed by atoms with Crippen molar-refractivity contribution in [2.24, 2.45) is 0 Å². The second-order valence-electron chi connectivity index (χ2n) is 5.14. The smallest absolute Gasteiger partial charge is 0.0997 e. The number of hydrogen-bond donors (Lipinski definition) is 1. The highest BCUT2D eigenvalue weighted by molar-refractivity contribution is 5.33. The van der Waals surface area contributed by atoms with Crippen molar-refractivity contribution in [1.82, 2.24) is 19.9 Å². The van der Waals surface area contributed by atoms with Crippen molar-refractivity contribution in [1.29, 1.82) is 0 Å². The van der Waals surface area contributed by atoms with Gasteiger partial charge in [-0.2, -0.15) is 0 Å². The van der Waals surface area contributed by atoms with Crippen molar-refractivity contribution < 1.29 is 0 Å². The van der Waals surface area contributed by atoms with Crippen molar-refractivity contribution in [3.05, 3.63) is 41.7 Å². The van der Waals surface area contributed by atoms with E-state index in [0.29, 0.717) is 6.04 Å². The van der Waals surface area contributed by atoms with Crippen LogP contribution in [0.15, 0.2) is 24.7 Å². The van der Waals surface area contributed by atoms with Crippen LogP contribution in [-0.4, -0.2) is 21.1 Å². The highest BCUT2D eigenvalue weighted by atomic mass is 15.1. The molecule has 0 aromatic carbocycles. The van der Waals surface area contributed by atoms with E-state index in [-0.39, 0.29) is 0 Å². The number of aromatic nitrogens is 3. The average molecular weight is 272 g/mol. The lowest BCUT2D eigenvalue weighted by molar-refractivity contribution is 0.507. The number of nitrogens with one attached hydrogen (secondary N) is 1. The van der Waals surface area contributed by atoms with Gasteiger partial charge in [-0.1, -0.05) is 13.8 Å². The maximum Gasteiger partial charge on any atom is 0.0997 e. The Kier molecular flexibility index (Phi) is 4.90. The molecule has 1 unspecified atom stereocenters. The number of aryl methyl sites for hydroxylation is 1. The Hall–Kier alpha value is -1.68. The molecule has 108 valence electrons. The summed E-state index contributed by atoms with van der Waals surface area (Å²) < 4.78 is 2.08. The van der Waals surface area contributed by atoms with Crippen LogP contribution in [0.4, 0.5) is 0 Å². The Morgan fingerprint density at radius 1 is 1.20 bits per heavy atom. The van der Waals surface area contributed by atoms with Gasteiger partial charge in [0.05, 0.1) is 29.6 Å². The van der Waals surface area contributed by atoms with Crippen molar-refractivity contribution >= 4 is 0 Å². The molecule has 0 saturated carbocycles. The van der Waals surface area contributed by atoms with Gasteiger partial charge in [0.25, 0.3) is 0 Å². The van der Waals surface area contributed by atoms with E-state index < -0.39 is 0 Å². The number of rotatable bonds is 6. The lowest BCUT2D eigenvalue weighted by Gasteiger charge is -2.16. The molecule has 0 saturated heterocycles. The summed E-state index contributed by atoms with van der Waals surface area (Å²) in [5, 5.41) is 3.53. The van der Waals surface area contributed by atoms with Crippen LogP contribution in [-0.2, 0) is 0 Å². The maximum atomic E-state index is 4.62. The predicted molar refractivity (Wildman–Crippen MR) is 82.2 cm³/mol. The van der Waals surface area contributed by atoms with Gasteiger partial charge in [-0.05, 0) is 45.4 Å². The Bertz CT molecular complexity index is 542. The standard InChI is InChI=1S/C16H24N4/c1-5-9-17-15(6-2)16-8-7-14(10-18-16)20-11-19-12(3)13(20)4/h7-8,10-11,15,17H,5-6,9H2,1-4H3. The third kappa shape index (κ3) is 3.07. The molecule has 2 rings (SSSR count). The lowest BCUT2D eigenvalue weighted by Crippen LogP contribution is -2.22. The van der Waals surface area contributed by atoms with Crippen molar-refractivity contribution in [2.75, 3.05) is 6.54 Å². The fourth-order valence-corrected chi connectivity index (χ4v) is 2.28. The molecule has 0 aliphatic heterocycles. The van der Waals surface area contributed by atoms with Gasteiger partial charge in [-0.3, -0.25) is 4.98 Å². The SMILES string of the molecule is CCCNC(CC)c1ccc(-n2cnc(C)c2C)cn1. The molecule has 20 heavy (non-hydrogen) atoms. The molecular weight excluding hydrogens is 248 g/mol. The monoisotopic (exact) mass is 272 g/mol. The second kappa shape index (κ2) is 6.66. The van der Waals surface area contributed by atoms with Crippen LogP contribution in [0.5, 0.6) is 0 Å². The number of hydrogen-bond acceptors (Lipinski definition) is 3. The molecule has 2 aromatic heterocycles. The van der Waals surface area contributed by atoms with Gasteiger partial charge < -0.3 is 9.88 Å². The number of pyridine rings is 1. The van der Waals surface area contributed by atoms with Crippen LogP contribution in [0.1, 0.15) is 49.8 Å². The molecule has 2 aromatic rings. The van der Waals surface area contributed by atoms with Crippen molar-refractivity contribution in [2.45, 2.75) is 46.6 Å². The molecular formula is C16H24N4. The third-order valence-electron chi connectivity index (χ3n) is 3.71. The van der Waals surface area contributed by atoms with E-state index in [0.717, 1.165) is 42.2 Å². The normalized spacial score (nSPS) is 12.6. The number of nitrogens with zero attached hydrogens (tertiary/aromatic N) is 3. The Morgan fingerprint density at radius 3 is 2.50 bits per heavy atom. The predicted octanol–water partition coefficient (Wildman–Crippen LogP) is 3.33. The van der Waals surface area contributed by atoms with Gasteiger partial charge in [-0.15, -0.1) is 0 Å². The summed E-state index contributed by atoms with van der Waals surface area (Å²) in [6.45, 7) is 9.50. The summed E-state index contributed by atoms with van der Waals surface area (Å²) in [7, 11) is 0. The van der Waals surface area contributed by atoms with Crippen LogP contribution < -0.4 is 5.32 Å². The molecule has 0 radical (unpaired) electrons. The Morgan fingerprint density at radius 2 is 2.00 bits per heavy atom. The molecule has 4 nitrogen and oxygen atoms in total. The first kappa shape index (κ1) is 14.7. The minimum Gasteiger partial charge on any atom is -0.309 e. The topological polar surface area (TPSA) is 42.7 Å². The highest BCUT2D eigenvalue weighted by Crippen LogP contribution is 2.17. The zero-order valence-electron chi connectivity index (χ0n) is 12.8. The van der Waals surface area contributed by atoms with Crippen LogP contribution in [0.2, 0.25) is 0 Å². The van der Waals surface area contributed by atoms with Crippen LogP contribution in [0.3, 0.4) is 0 Å². The number of imidazole rings is 1. The maximum absolute atomic E-state index is 4.62. The second-order valence-corrected chi connectivity index (χ2v) is 5.14. The molecule has 0 spiro atoms. The molecule has 0 aliphatic carbocycles. The van der Waals surface area contributed by atoms with Gasteiger partial charge >= 0.3 is 0 Å². The van der Waals surface area contributed by atoms with Gasteiger partial charge in [0.15, 0.2) is 0 Å². The van der Waals surface area contributed by atoms with Gasteiger partial charge in [0, 0.05) is 11.7 Å². The van der Waals surface area contributed by atoms with Crippen LogP contribution >= 0.6 is 0 Å². The van der Waals surface area contributed by atoms with E-state index in [2.05, 4.69) is 52.8 Å². The van der Waals surface area contributed by atoms with E-state index >= 15 is 0 Å². The first-order valence-corrected chi connectivity index (χ1v) is 7.37.